The summed E-state index contributed by atoms with van der Waals surface area (Å²) in [7, 11) is 4.01. The molecule has 0 bridgehead atoms. The Labute approximate surface area is 144 Å². The molecule has 0 spiro atoms. The topological polar surface area (TPSA) is 59.4 Å². The van der Waals surface area contributed by atoms with Gasteiger partial charge in [-0.25, -0.2) is 0 Å². The SMILES string of the molecule is CN(C)CC1OC(CO)C(O)C1N1CCN(c2ccccc2)CC1. The Hall–Kier alpha value is -1.18. The molecule has 1 aromatic rings. The summed E-state index contributed by atoms with van der Waals surface area (Å²) in [5, 5.41) is 20.1. The van der Waals surface area contributed by atoms with Gasteiger partial charge < -0.3 is 24.7 Å². The number of hydrogen-bond acceptors (Lipinski definition) is 6. The van der Waals surface area contributed by atoms with Crippen LogP contribution in [0, 0.1) is 0 Å². The van der Waals surface area contributed by atoms with Gasteiger partial charge in [-0.1, -0.05) is 18.2 Å². The van der Waals surface area contributed by atoms with Crippen LogP contribution in [-0.2, 0) is 4.74 Å². The molecule has 134 valence electrons. The molecule has 0 aromatic heterocycles. The van der Waals surface area contributed by atoms with E-state index in [9.17, 15) is 10.2 Å². The highest BCUT2D eigenvalue weighted by Crippen LogP contribution is 2.28. The third-order valence-electron chi connectivity index (χ3n) is 5.04. The number of likely N-dealkylation sites (N-methyl/N-ethyl adjacent to an activating group) is 1. The molecule has 2 saturated heterocycles. The first-order chi connectivity index (χ1) is 11.6. The fraction of sp³-hybridized carbons (Fsp3) is 0.667. The van der Waals surface area contributed by atoms with E-state index in [0.29, 0.717) is 0 Å². The van der Waals surface area contributed by atoms with Gasteiger partial charge in [-0.15, -0.1) is 0 Å². The van der Waals surface area contributed by atoms with Crippen LogP contribution in [0.25, 0.3) is 0 Å². The van der Waals surface area contributed by atoms with E-state index < -0.39 is 12.2 Å². The Kier molecular flexibility index (Phi) is 5.73. The van der Waals surface area contributed by atoms with Gasteiger partial charge in [0.2, 0.25) is 0 Å². The van der Waals surface area contributed by atoms with E-state index >= 15 is 0 Å². The molecule has 0 saturated carbocycles. The van der Waals surface area contributed by atoms with E-state index in [1.54, 1.807) is 0 Å². The van der Waals surface area contributed by atoms with E-state index in [4.69, 9.17) is 4.74 Å². The van der Waals surface area contributed by atoms with Crippen molar-refractivity contribution in [1.29, 1.82) is 0 Å². The van der Waals surface area contributed by atoms with Gasteiger partial charge in [-0.05, 0) is 26.2 Å². The molecular formula is C18H29N3O3. The molecule has 0 aliphatic carbocycles. The van der Waals surface area contributed by atoms with Gasteiger partial charge >= 0.3 is 0 Å². The molecule has 2 fully saturated rings. The zero-order chi connectivity index (χ0) is 17.1. The second kappa shape index (κ2) is 7.80. The van der Waals surface area contributed by atoms with Crippen LogP contribution in [0.4, 0.5) is 5.69 Å². The minimum absolute atomic E-state index is 0.0533. The highest BCUT2D eigenvalue weighted by Gasteiger charge is 2.46. The van der Waals surface area contributed by atoms with Crippen LogP contribution in [0.3, 0.4) is 0 Å². The quantitative estimate of drug-likeness (QED) is 0.781. The molecule has 2 N–H and O–H groups in total. The average Bonchev–Trinajstić information content (AvgIpc) is 2.90. The first-order valence-corrected chi connectivity index (χ1v) is 8.73. The zero-order valence-corrected chi connectivity index (χ0v) is 14.6. The number of ether oxygens (including phenoxy) is 1. The fourth-order valence-corrected chi connectivity index (χ4v) is 3.86. The van der Waals surface area contributed by atoms with Crippen LogP contribution >= 0.6 is 0 Å². The van der Waals surface area contributed by atoms with Crippen molar-refractivity contribution in [3.8, 4) is 0 Å². The molecule has 6 nitrogen and oxygen atoms in total. The number of rotatable bonds is 5. The zero-order valence-electron chi connectivity index (χ0n) is 14.6. The minimum Gasteiger partial charge on any atom is -0.394 e. The Bertz CT molecular complexity index is 505. The molecular weight excluding hydrogens is 306 g/mol. The van der Waals surface area contributed by atoms with E-state index in [-0.39, 0.29) is 18.8 Å². The lowest BCUT2D eigenvalue weighted by Gasteiger charge is -2.41. The number of hydrogen-bond donors (Lipinski definition) is 2. The van der Waals surface area contributed by atoms with Crippen LogP contribution < -0.4 is 4.90 Å². The van der Waals surface area contributed by atoms with Gasteiger partial charge in [0.15, 0.2) is 0 Å². The lowest BCUT2D eigenvalue weighted by molar-refractivity contribution is -0.0274. The predicted molar refractivity (Wildman–Crippen MR) is 94.3 cm³/mol. The van der Waals surface area contributed by atoms with Crippen LogP contribution in [-0.4, -0.2) is 97.8 Å². The van der Waals surface area contributed by atoms with Crippen molar-refractivity contribution in [3.05, 3.63) is 30.3 Å². The summed E-state index contributed by atoms with van der Waals surface area (Å²) in [6, 6.07) is 10.4. The summed E-state index contributed by atoms with van der Waals surface area (Å²) in [4.78, 5) is 6.78. The number of anilines is 1. The third-order valence-corrected chi connectivity index (χ3v) is 5.04. The van der Waals surface area contributed by atoms with Gasteiger partial charge in [0.1, 0.15) is 12.2 Å². The second-order valence-electron chi connectivity index (χ2n) is 7.00. The van der Waals surface area contributed by atoms with Gasteiger partial charge in [-0.3, -0.25) is 4.90 Å². The van der Waals surface area contributed by atoms with Crippen molar-refractivity contribution in [2.75, 3.05) is 58.3 Å². The molecule has 3 rings (SSSR count). The summed E-state index contributed by atoms with van der Waals surface area (Å²) in [5.74, 6) is 0. The monoisotopic (exact) mass is 335 g/mol. The van der Waals surface area contributed by atoms with Gasteiger partial charge in [0.05, 0.1) is 18.8 Å². The normalized spacial score (nSPS) is 31.8. The van der Waals surface area contributed by atoms with Gasteiger partial charge in [0, 0.05) is 38.4 Å². The molecule has 2 heterocycles. The van der Waals surface area contributed by atoms with E-state index in [1.165, 1.54) is 5.69 Å². The smallest absolute Gasteiger partial charge is 0.109 e. The molecule has 2 aliphatic rings. The van der Waals surface area contributed by atoms with E-state index in [1.807, 2.05) is 20.2 Å². The number of nitrogens with zero attached hydrogens (tertiary/aromatic N) is 3. The molecule has 4 atom stereocenters. The summed E-state index contributed by atoms with van der Waals surface area (Å²) in [6.45, 7) is 4.27. The van der Waals surface area contributed by atoms with Crippen molar-refractivity contribution >= 4 is 5.69 Å². The van der Waals surface area contributed by atoms with Crippen LogP contribution in [0.2, 0.25) is 0 Å². The Morgan fingerprint density at radius 3 is 2.33 bits per heavy atom. The Morgan fingerprint density at radius 2 is 1.75 bits per heavy atom. The van der Waals surface area contributed by atoms with Crippen LogP contribution in [0.1, 0.15) is 0 Å². The first-order valence-electron chi connectivity index (χ1n) is 8.73. The molecule has 0 radical (unpaired) electrons. The Balaban J connectivity index is 1.65. The highest BCUT2D eigenvalue weighted by atomic mass is 16.5. The average molecular weight is 335 g/mol. The maximum Gasteiger partial charge on any atom is 0.109 e. The lowest BCUT2D eigenvalue weighted by Crippen LogP contribution is -2.57. The molecule has 2 aliphatic heterocycles. The maximum atomic E-state index is 10.6. The number of piperazine rings is 1. The van der Waals surface area contributed by atoms with E-state index in [2.05, 4.69) is 39.0 Å². The summed E-state index contributed by atoms with van der Waals surface area (Å²) < 4.78 is 5.91. The van der Waals surface area contributed by atoms with Crippen molar-refractivity contribution in [3.63, 3.8) is 0 Å². The second-order valence-corrected chi connectivity index (χ2v) is 7.00. The summed E-state index contributed by atoms with van der Waals surface area (Å²) in [5.41, 5.74) is 1.25. The lowest BCUT2D eigenvalue weighted by atomic mass is 10.0. The molecule has 24 heavy (non-hydrogen) atoms. The summed E-state index contributed by atoms with van der Waals surface area (Å²) >= 11 is 0. The highest BCUT2D eigenvalue weighted by molar-refractivity contribution is 5.46. The van der Waals surface area contributed by atoms with Crippen molar-refractivity contribution < 1.29 is 14.9 Å². The number of aliphatic hydroxyl groups is 2. The molecule has 6 heteroatoms. The fourth-order valence-electron chi connectivity index (χ4n) is 3.86. The third kappa shape index (κ3) is 3.73. The first kappa shape index (κ1) is 17.6. The van der Waals surface area contributed by atoms with Gasteiger partial charge in [-0.2, -0.15) is 0 Å². The predicted octanol–water partition coefficient (Wildman–Crippen LogP) is -0.141. The standard InChI is InChI=1S/C18H29N3O3/c1-19(2)12-15-17(18(23)16(13-22)24-15)21-10-8-20(9-11-21)14-6-4-3-5-7-14/h3-7,15-18,22-23H,8-13H2,1-2H3. The summed E-state index contributed by atoms with van der Waals surface area (Å²) in [6.07, 6.45) is -1.19. The number of aliphatic hydroxyl groups excluding tert-OH is 2. The van der Waals surface area contributed by atoms with Crippen molar-refractivity contribution in [1.82, 2.24) is 9.80 Å². The number of para-hydroxylation sites is 1. The van der Waals surface area contributed by atoms with E-state index in [0.717, 1.165) is 32.7 Å². The largest absolute Gasteiger partial charge is 0.394 e. The Morgan fingerprint density at radius 1 is 1.08 bits per heavy atom. The minimum atomic E-state index is -0.636. The van der Waals surface area contributed by atoms with Crippen LogP contribution in [0.5, 0.6) is 0 Å². The molecule has 1 aromatic carbocycles. The van der Waals surface area contributed by atoms with Crippen molar-refractivity contribution in [2.45, 2.75) is 24.4 Å². The van der Waals surface area contributed by atoms with Crippen LogP contribution in [0.15, 0.2) is 30.3 Å². The van der Waals surface area contributed by atoms with Crippen molar-refractivity contribution in [2.24, 2.45) is 0 Å². The molecule has 0 amide bonds. The molecule has 4 unspecified atom stereocenters. The van der Waals surface area contributed by atoms with Gasteiger partial charge in [0.25, 0.3) is 0 Å². The maximum absolute atomic E-state index is 10.6. The number of benzene rings is 1.